The highest BCUT2D eigenvalue weighted by atomic mass is 32.2. The molecule has 1 amide bonds. The van der Waals surface area contributed by atoms with Crippen LogP contribution in [-0.4, -0.2) is 46.9 Å². The first-order valence-electron chi connectivity index (χ1n) is 8.69. The quantitative estimate of drug-likeness (QED) is 0.827. The lowest BCUT2D eigenvalue weighted by Crippen LogP contribution is -2.38. The molecule has 26 heavy (non-hydrogen) atoms. The summed E-state index contributed by atoms with van der Waals surface area (Å²) in [5.74, 6) is 1.62. The molecular weight excluding hydrogens is 354 g/mol. The summed E-state index contributed by atoms with van der Waals surface area (Å²) in [6.07, 6.45) is 2.20. The SMILES string of the molecule is CCc1nc(C2CCN(S(=O)(=O)c3ccc(NC(C)=O)cc3)CC2)n[nH]1. The van der Waals surface area contributed by atoms with Crippen LogP contribution < -0.4 is 5.32 Å². The van der Waals surface area contributed by atoms with E-state index >= 15 is 0 Å². The number of aromatic amines is 1. The van der Waals surface area contributed by atoms with Gasteiger partial charge < -0.3 is 5.32 Å². The van der Waals surface area contributed by atoms with E-state index in [4.69, 9.17) is 0 Å². The zero-order chi connectivity index (χ0) is 18.7. The van der Waals surface area contributed by atoms with Crippen LogP contribution in [0, 0.1) is 0 Å². The van der Waals surface area contributed by atoms with E-state index in [1.807, 2.05) is 6.92 Å². The molecule has 0 unspecified atom stereocenters. The van der Waals surface area contributed by atoms with Gasteiger partial charge in [-0.15, -0.1) is 0 Å². The Morgan fingerprint density at radius 3 is 2.46 bits per heavy atom. The molecule has 2 heterocycles. The third kappa shape index (κ3) is 3.94. The highest BCUT2D eigenvalue weighted by molar-refractivity contribution is 7.89. The summed E-state index contributed by atoms with van der Waals surface area (Å²) in [7, 11) is -3.54. The first kappa shape index (κ1) is 18.5. The topological polar surface area (TPSA) is 108 Å². The van der Waals surface area contributed by atoms with Gasteiger partial charge in [-0.1, -0.05) is 6.92 Å². The minimum Gasteiger partial charge on any atom is -0.326 e. The first-order valence-corrected chi connectivity index (χ1v) is 10.1. The van der Waals surface area contributed by atoms with Crippen LogP contribution in [0.1, 0.15) is 44.3 Å². The molecule has 140 valence electrons. The number of carbonyl (C=O) groups excluding carboxylic acids is 1. The number of carbonyl (C=O) groups is 1. The summed E-state index contributed by atoms with van der Waals surface area (Å²) in [6.45, 7) is 4.30. The van der Waals surface area contributed by atoms with Gasteiger partial charge in [0.2, 0.25) is 15.9 Å². The number of anilines is 1. The fourth-order valence-corrected chi connectivity index (χ4v) is 4.54. The molecule has 0 spiro atoms. The van der Waals surface area contributed by atoms with Gasteiger partial charge in [-0.3, -0.25) is 9.89 Å². The van der Waals surface area contributed by atoms with Crippen LogP contribution in [0.15, 0.2) is 29.2 Å². The van der Waals surface area contributed by atoms with Gasteiger partial charge in [-0.2, -0.15) is 9.40 Å². The van der Waals surface area contributed by atoms with Crippen molar-refractivity contribution in [2.24, 2.45) is 0 Å². The molecule has 0 atom stereocenters. The Balaban J connectivity index is 1.66. The van der Waals surface area contributed by atoms with Gasteiger partial charge in [0.15, 0.2) is 5.82 Å². The van der Waals surface area contributed by atoms with E-state index in [2.05, 4.69) is 20.5 Å². The highest BCUT2D eigenvalue weighted by Crippen LogP contribution is 2.29. The van der Waals surface area contributed by atoms with E-state index in [9.17, 15) is 13.2 Å². The average Bonchev–Trinajstić information content (AvgIpc) is 3.11. The van der Waals surface area contributed by atoms with Crippen molar-refractivity contribution in [1.29, 1.82) is 0 Å². The zero-order valence-corrected chi connectivity index (χ0v) is 15.7. The number of benzene rings is 1. The van der Waals surface area contributed by atoms with Gasteiger partial charge in [-0.25, -0.2) is 13.4 Å². The summed E-state index contributed by atoms with van der Waals surface area (Å²) in [5.41, 5.74) is 0.575. The standard InChI is InChI=1S/C17H23N5O3S/c1-3-16-19-17(21-20-16)13-8-10-22(11-9-13)26(24,25)15-6-4-14(5-7-15)18-12(2)23/h4-7,13H,3,8-11H2,1-2H3,(H,18,23)(H,19,20,21). The molecule has 1 fully saturated rings. The van der Waals surface area contributed by atoms with Crippen LogP contribution in [0.4, 0.5) is 5.69 Å². The van der Waals surface area contributed by atoms with Crippen molar-refractivity contribution >= 4 is 21.6 Å². The normalized spacial score (nSPS) is 16.5. The molecule has 3 rings (SSSR count). The number of nitrogens with zero attached hydrogens (tertiary/aromatic N) is 3. The Hall–Kier alpha value is -2.26. The maximum Gasteiger partial charge on any atom is 0.243 e. The third-order valence-corrected chi connectivity index (χ3v) is 6.43. The number of piperidine rings is 1. The number of amides is 1. The van der Waals surface area contributed by atoms with E-state index in [-0.39, 0.29) is 16.7 Å². The lowest BCUT2D eigenvalue weighted by Gasteiger charge is -2.30. The second kappa shape index (κ2) is 7.55. The summed E-state index contributed by atoms with van der Waals surface area (Å²) in [6, 6.07) is 6.24. The molecule has 0 saturated carbocycles. The molecule has 0 aliphatic carbocycles. The molecule has 1 aromatic heterocycles. The van der Waals surface area contributed by atoms with E-state index in [0.29, 0.717) is 31.6 Å². The zero-order valence-electron chi connectivity index (χ0n) is 14.9. The van der Waals surface area contributed by atoms with E-state index in [0.717, 1.165) is 18.1 Å². The Morgan fingerprint density at radius 1 is 1.27 bits per heavy atom. The van der Waals surface area contributed by atoms with Crippen LogP contribution in [0.2, 0.25) is 0 Å². The summed E-state index contributed by atoms with van der Waals surface area (Å²) in [5, 5.41) is 9.80. The summed E-state index contributed by atoms with van der Waals surface area (Å²) < 4.78 is 27.1. The lowest BCUT2D eigenvalue weighted by molar-refractivity contribution is -0.114. The maximum atomic E-state index is 12.8. The molecular formula is C17H23N5O3S. The Labute approximate surface area is 153 Å². The van der Waals surface area contributed by atoms with Gasteiger partial charge in [0, 0.05) is 38.0 Å². The van der Waals surface area contributed by atoms with Crippen molar-refractivity contribution in [3.8, 4) is 0 Å². The number of hydrogen-bond donors (Lipinski definition) is 2. The van der Waals surface area contributed by atoms with Crippen molar-refractivity contribution in [2.75, 3.05) is 18.4 Å². The van der Waals surface area contributed by atoms with Gasteiger partial charge in [0.25, 0.3) is 0 Å². The number of rotatable bonds is 5. The summed E-state index contributed by atoms with van der Waals surface area (Å²) >= 11 is 0. The van der Waals surface area contributed by atoms with Crippen molar-refractivity contribution in [1.82, 2.24) is 19.5 Å². The van der Waals surface area contributed by atoms with Crippen LogP contribution in [-0.2, 0) is 21.2 Å². The lowest BCUT2D eigenvalue weighted by atomic mass is 9.97. The fraction of sp³-hybridized carbons (Fsp3) is 0.471. The molecule has 1 aromatic carbocycles. The Morgan fingerprint density at radius 2 is 1.92 bits per heavy atom. The Bertz CT molecular complexity index is 868. The van der Waals surface area contributed by atoms with Crippen molar-refractivity contribution in [2.45, 2.75) is 43.9 Å². The Kier molecular flexibility index (Phi) is 5.38. The minimum atomic E-state index is -3.54. The number of H-pyrrole nitrogens is 1. The number of aryl methyl sites for hydroxylation is 1. The van der Waals surface area contributed by atoms with Crippen LogP contribution >= 0.6 is 0 Å². The molecule has 0 radical (unpaired) electrons. The second-order valence-corrected chi connectivity index (χ2v) is 8.32. The smallest absolute Gasteiger partial charge is 0.243 e. The van der Waals surface area contributed by atoms with Crippen LogP contribution in [0.5, 0.6) is 0 Å². The van der Waals surface area contributed by atoms with Crippen molar-refractivity contribution < 1.29 is 13.2 Å². The molecule has 2 N–H and O–H groups in total. The minimum absolute atomic E-state index is 0.181. The first-order chi connectivity index (χ1) is 12.4. The maximum absolute atomic E-state index is 12.8. The molecule has 2 aromatic rings. The molecule has 9 heteroatoms. The molecule has 1 saturated heterocycles. The van der Waals surface area contributed by atoms with Gasteiger partial charge in [0.1, 0.15) is 5.82 Å². The average molecular weight is 377 g/mol. The second-order valence-electron chi connectivity index (χ2n) is 6.38. The summed E-state index contributed by atoms with van der Waals surface area (Å²) in [4.78, 5) is 15.8. The van der Waals surface area contributed by atoms with Crippen LogP contribution in [0.3, 0.4) is 0 Å². The van der Waals surface area contributed by atoms with Crippen molar-refractivity contribution in [3.05, 3.63) is 35.9 Å². The van der Waals surface area contributed by atoms with Crippen molar-refractivity contribution in [3.63, 3.8) is 0 Å². The van der Waals surface area contributed by atoms with Gasteiger partial charge in [0.05, 0.1) is 4.90 Å². The molecule has 8 nitrogen and oxygen atoms in total. The van der Waals surface area contributed by atoms with Crippen LogP contribution in [0.25, 0.3) is 0 Å². The van der Waals surface area contributed by atoms with E-state index in [1.54, 1.807) is 12.1 Å². The monoisotopic (exact) mass is 377 g/mol. The predicted octanol–water partition coefficient (Wildman–Crippen LogP) is 1.89. The number of sulfonamides is 1. The van der Waals surface area contributed by atoms with Gasteiger partial charge >= 0.3 is 0 Å². The number of nitrogens with one attached hydrogen (secondary N) is 2. The number of hydrogen-bond acceptors (Lipinski definition) is 5. The largest absolute Gasteiger partial charge is 0.326 e. The van der Waals surface area contributed by atoms with E-state index < -0.39 is 10.0 Å². The fourth-order valence-electron chi connectivity index (χ4n) is 3.07. The van der Waals surface area contributed by atoms with E-state index in [1.165, 1.54) is 23.4 Å². The third-order valence-electron chi connectivity index (χ3n) is 4.52. The predicted molar refractivity (Wildman–Crippen MR) is 97.2 cm³/mol. The number of aromatic nitrogens is 3. The highest BCUT2D eigenvalue weighted by Gasteiger charge is 2.31. The molecule has 0 bridgehead atoms. The molecule has 1 aliphatic rings. The van der Waals surface area contributed by atoms with Gasteiger partial charge in [-0.05, 0) is 37.1 Å². The molecule has 1 aliphatic heterocycles.